The normalized spacial score (nSPS) is 20.1. The smallest absolute Gasteiger partial charge is 0.185 e. The number of pyridine rings is 1. The molecule has 1 fully saturated rings. The highest BCUT2D eigenvalue weighted by atomic mass is 35.5. The SMILES string of the molecule is Cl.O=C(c1ccccn1)C1CCNC1. The van der Waals surface area contributed by atoms with Crippen LogP contribution in [0.25, 0.3) is 0 Å². The number of rotatable bonds is 2. The van der Waals surface area contributed by atoms with E-state index in [1.807, 2.05) is 12.1 Å². The molecule has 0 bridgehead atoms. The van der Waals surface area contributed by atoms with Gasteiger partial charge in [-0.1, -0.05) is 6.07 Å². The summed E-state index contributed by atoms with van der Waals surface area (Å²) in [6.45, 7) is 1.75. The van der Waals surface area contributed by atoms with Gasteiger partial charge >= 0.3 is 0 Å². The molecular weight excluding hydrogens is 200 g/mol. The van der Waals surface area contributed by atoms with Gasteiger partial charge in [0.05, 0.1) is 0 Å². The summed E-state index contributed by atoms with van der Waals surface area (Å²) in [6.07, 6.45) is 2.60. The lowest BCUT2D eigenvalue weighted by Gasteiger charge is -2.05. The molecule has 0 aliphatic carbocycles. The highest BCUT2D eigenvalue weighted by Gasteiger charge is 2.23. The Morgan fingerprint density at radius 2 is 2.36 bits per heavy atom. The lowest BCUT2D eigenvalue weighted by Crippen LogP contribution is -2.18. The van der Waals surface area contributed by atoms with E-state index < -0.39 is 0 Å². The molecule has 0 saturated carbocycles. The van der Waals surface area contributed by atoms with Crippen LogP contribution in [-0.2, 0) is 0 Å². The summed E-state index contributed by atoms with van der Waals surface area (Å²) >= 11 is 0. The fourth-order valence-electron chi connectivity index (χ4n) is 1.60. The zero-order chi connectivity index (χ0) is 9.10. The van der Waals surface area contributed by atoms with Crippen LogP contribution < -0.4 is 5.32 Å². The molecule has 2 heterocycles. The average Bonchev–Trinajstić information content (AvgIpc) is 2.71. The van der Waals surface area contributed by atoms with E-state index in [4.69, 9.17) is 0 Å². The predicted octanol–water partition coefficient (Wildman–Crippen LogP) is 1.30. The van der Waals surface area contributed by atoms with Crippen LogP contribution in [0.4, 0.5) is 0 Å². The molecule has 1 aliphatic rings. The summed E-state index contributed by atoms with van der Waals surface area (Å²) in [5.74, 6) is 0.306. The number of carbonyl (C=O) groups is 1. The van der Waals surface area contributed by atoms with E-state index in [1.165, 1.54) is 0 Å². The van der Waals surface area contributed by atoms with Gasteiger partial charge in [-0.3, -0.25) is 9.78 Å². The number of carbonyl (C=O) groups excluding carboxylic acids is 1. The van der Waals surface area contributed by atoms with Gasteiger partial charge in [0, 0.05) is 18.7 Å². The van der Waals surface area contributed by atoms with Crippen molar-refractivity contribution in [3.8, 4) is 0 Å². The van der Waals surface area contributed by atoms with Gasteiger partial charge in [0.2, 0.25) is 0 Å². The van der Waals surface area contributed by atoms with Crippen molar-refractivity contribution in [1.29, 1.82) is 0 Å². The molecular formula is C10H13ClN2O. The minimum absolute atomic E-state index is 0. The van der Waals surface area contributed by atoms with E-state index in [0.29, 0.717) is 5.69 Å². The molecule has 14 heavy (non-hydrogen) atoms. The number of nitrogens with zero attached hydrogens (tertiary/aromatic N) is 1. The molecule has 4 heteroatoms. The van der Waals surface area contributed by atoms with Crippen LogP contribution in [0.5, 0.6) is 0 Å². The zero-order valence-electron chi connectivity index (χ0n) is 7.77. The number of ketones is 1. The van der Waals surface area contributed by atoms with E-state index in [0.717, 1.165) is 19.5 Å². The van der Waals surface area contributed by atoms with Crippen molar-refractivity contribution in [3.63, 3.8) is 0 Å². The van der Waals surface area contributed by atoms with Gasteiger partial charge in [-0.15, -0.1) is 12.4 Å². The highest BCUT2D eigenvalue weighted by molar-refractivity contribution is 5.96. The van der Waals surface area contributed by atoms with E-state index in [1.54, 1.807) is 12.3 Å². The molecule has 1 atom stereocenters. The molecule has 0 spiro atoms. The summed E-state index contributed by atoms with van der Waals surface area (Å²) in [4.78, 5) is 15.8. The maximum atomic E-state index is 11.7. The van der Waals surface area contributed by atoms with Crippen LogP contribution >= 0.6 is 12.4 Å². The maximum absolute atomic E-state index is 11.7. The predicted molar refractivity (Wildman–Crippen MR) is 56.8 cm³/mol. The van der Waals surface area contributed by atoms with Gasteiger partial charge in [0.25, 0.3) is 0 Å². The molecule has 2 rings (SSSR count). The Bertz CT molecular complexity index is 296. The molecule has 0 amide bonds. The van der Waals surface area contributed by atoms with Crippen LogP contribution in [0.2, 0.25) is 0 Å². The van der Waals surface area contributed by atoms with E-state index >= 15 is 0 Å². The first-order valence-corrected chi connectivity index (χ1v) is 4.54. The topological polar surface area (TPSA) is 42.0 Å². The van der Waals surface area contributed by atoms with Gasteiger partial charge in [-0.2, -0.15) is 0 Å². The number of halogens is 1. The van der Waals surface area contributed by atoms with Crippen LogP contribution in [0.1, 0.15) is 16.9 Å². The fourth-order valence-corrected chi connectivity index (χ4v) is 1.60. The number of aromatic nitrogens is 1. The Hall–Kier alpha value is -0.930. The third-order valence-electron chi connectivity index (χ3n) is 2.35. The average molecular weight is 213 g/mol. The first-order valence-electron chi connectivity index (χ1n) is 4.54. The second kappa shape index (κ2) is 5.08. The van der Waals surface area contributed by atoms with Crippen molar-refractivity contribution in [3.05, 3.63) is 30.1 Å². The Kier molecular flexibility index (Phi) is 4.04. The molecule has 3 nitrogen and oxygen atoms in total. The first kappa shape index (κ1) is 11.1. The van der Waals surface area contributed by atoms with Gasteiger partial charge < -0.3 is 5.32 Å². The summed E-state index contributed by atoms with van der Waals surface area (Å²) in [5.41, 5.74) is 0.594. The van der Waals surface area contributed by atoms with Crippen molar-refractivity contribution in [2.45, 2.75) is 6.42 Å². The lowest BCUT2D eigenvalue weighted by molar-refractivity contribution is 0.0925. The second-order valence-electron chi connectivity index (χ2n) is 3.27. The standard InChI is InChI=1S/C10H12N2O.ClH/c13-10(8-4-6-11-7-8)9-3-1-2-5-12-9;/h1-3,5,8,11H,4,6-7H2;1H. The minimum Gasteiger partial charge on any atom is -0.316 e. The molecule has 0 aromatic carbocycles. The fraction of sp³-hybridized carbons (Fsp3) is 0.400. The van der Waals surface area contributed by atoms with Crippen molar-refractivity contribution < 1.29 is 4.79 Å². The second-order valence-corrected chi connectivity index (χ2v) is 3.27. The quantitative estimate of drug-likeness (QED) is 0.752. The van der Waals surface area contributed by atoms with Gasteiger partial charge in [-0.05, 0) is 25.1 Å². The molecule has 1 N–H and O–H groups in total. The van der Waals surface area contributed by atoms with Gasteiger partial charge in [-0.25, -0.2) is 0 Å². The summed E-state index contributed by atoms with van der Waals surface area (Å²) in [6, 6.07) is 5.45. The highest BCUT2D eigenvalue weighted by Crippen LogP contribution is 2.13. The summed E-state index contributed by atoms with van der Waals surface area (Å²) in [7, 11) is 0. The maximum Gasteiger partial charge on any atom is 0.185 e. The number of hydrogen-bond acceptors (Lipinski definition) is 3. The monoisotopic (exact) mass is 212 g/mol. The Balaban J connectivity index is 0.000000980. The molecule has 1 aliphatic heterocycles. The Morgan fingerprint density at radius 1 is 1.50 bits per heavy atom. The molecule has 1 saturated heterocycles. The van der Waals surface area contributed by atoms with E-state index in [9.17, 15) is 4.79 Å². The van der Waals surface area contributed by atoms with Crippen LogP contribution in [0.15, 0.2) is 24.4 Å². The third kappa shape index (κ3) is 2.30. The number of nitrogens with one attached hydrogen (secondary N) is 1. The van der Waals surface area contributed by atoms with E-state index in [-0.39, 0.29) is 24.1 Å². The summed E-state index contributed by atoms with van der Waals surface area (Å²) in [5, 5.41) is 3.17. The third-order valence-corrected chi connectivity index (χ3v) is 2.35. The molecule has 0 radical (unpaired) electrons. The largest absolute Gasteiger partial charge is 0.316 e. The zero-order valence-corrected chi connectivity index (χ0v) is 8.59. The van der Waals surface area contributed by atoms with Gasteiger partial charge in [0.1, 0.15) is 5.69 Å². The van der Waals surface area contributed by atoms with Crippen LogP contribution in [-0.4, -0.2) is 23.9 Å². The number of hydrogen-bond donors (Lipinski definition) is 1. The Morgan fingerprint density at radius 3 is 2.93 bits per heavy atom. The summed E-state index contributed by atoms with van der Waals surface area (Å²) < 4.78 is 0. The van der Waals surface area contributed by atoms with Crippen LogP contribution in [0, 0.1) is 5.92 Å². The Labute approximate surface area is 89.3 Å². The van der Waals surface area contributed by atoms with Crippen LogP contribution in [0.3, 0.4) is 0 Å². The van der Waals surface area contributed by atoms with Crippen molar-refractivity contribution in [1.82, 2.24) is 10.3 Å². The minimum atomic E-state index is 0. The van der Waals surface area contributed by atoms with Gasteiger partial charge in [0.15, 0.2) is 5.78 Å². The van der Waals surface area contributed by atoms with E-state index in [2.05, 4.69) is 10.3 Å². The first-order chi connectivity index (χ1) is 6.38. The van der Waals surface area contributed by atoms with Crippen molar-refractivity contribution >= 4 is 18.2 Å². The number of Topliss-reactive ketones (excluding diaryl/α,β-unsaturated/α-hetero) is 1. The molecule has 76 valence electrons. The lowest BCUT2D eigenvalue weighted by atomic mass is 10.0. The van der Waals surface area contributed by atoms with Crippen molar-refractivity contribution in [2.75, 3.05) is 13.1 Å². The molecule has 1 aromatic heterocycles. The van der Waals surface area contributed by atoms with Crippen molar-refractivity contribution in [2.24, 2.45) is 5.92 Å². The molecule has 1 aromatic rings. The molecule has 1 unspecified atom stereocenters.